The van der Waals surface area contributed by atoms with Gasteiger partial charge in [0.25, 0.3) is 5.24 Å². The molecule has 0 unspecified atom stereocenters. The molecule has 1 rings (SSSR count). The van der Waals surface area contributed by atoms with E-state index in [9.17, 15) is 28.1 Å². The van der Waals surface area contributed by atoms with Crippen molar-refractivity contribution >= 4 is 45.3 Å². The normalized spacial score (nSPS) is 11.2. The van der Waals surface area contributed by atoms with Crippen molar-refractivity contribution in [3.8, 4) is 5.88 Å². The van der Waals surface area contributed by atoms with Gasteiger partial charge >= 0.3 is 18.1 Å². The van der Waals surface area contributed by atoms with Crippen LogP contribution in [-0.4, -0.2) is 21.5 Å². The molecule has 1 heterocycles. The highest BCUT2D eigenvalue weighted by Crippen LogP contribution is 2.31. The van der Waals surface area contributed by atoms with Gasteiger partial charge in [0.2, 0.25) is 0 Å². The average Bonchev–Trinajstić information content (AvgIpc) is 2.18. The Morgan fingerprint density at radius 2 is 2.11 bits per heavy atom. The lowest BCUT2D eigenvalue weighted by molar-refractivity contribution is -0.390. The minimum Gasteiger partial charge on any atom is -0.366 e. The van der Waals surface area contributed by atoms with Crippen molar-refractivity contribution in [1.29, 1.82) is 0 Å². The molecule has 0 amide bonds. The van der Waals surface area contributed by atoms with Gasteiger partial charge in [-0.1, -0.05) is 0 Å². The average molecular weight is 396 g/mol. The second-order valence-electron chi connectivity index (χ2n) is 2.73. The van der Waals surface area contributed by atoms with Gasteiger partial charge in [-0.2, -0.15) is 0 Å². The number of pyridine rings is 1. The summed E-state index contributed by atoms with van der Waals surface area (Å²) in [6, 6.07) is 0.667. The number of carbonyl (C=O) groups excluding carboxylic acids is 1. The van der Waals surface area contributed by atoms with E-state index in [0.29, 0.717) is 6.07 Å². The summed E-state index contributed by atoms with van der Waals surface area (Å²) < 4.78 is 39.2. The number of hydrogen-bond acceptors (Lipinski definition) is 5. The van der Waals surface area contributed by atoms with Gasteiger partial charge in [-0.3, -0.25) is 4.79 Å². The summed E-state index contributed by atoms with van der Waals surface area (Å²) in [5.41, 5.74) is -0.488. The fourth-order valence-corrected chi connectivity index (χ4v) is 1.85. The van der Waals surface area contributed by atoms with E-state index in [4.69, 9.17) is 11.6 Å². The molecule has 18 heavy (non-hydrogen) atoms. The summed E-state index contributed by atoms with van der Waals surface area (Å²) in [6.07, 6.45) is -5.09. The Morgan fingerprint density at radius 3 is 2.50 bits per heavy atom. The summed E-state index contributed by atoms with van der Waals surface area (Å²) >= 11 is 6.42. The Morgan fingerprint density at radius 1 is 1.56 bits per heavy atom. The second kappa shape index (κ2) is 5.22. The van der Waals surface area contributed by atoms with Crippen LogP contribution in [0.4, 0.5) is 19.0 Å². The fourth-order valence-electron chi connectivity index (χ4n) is 0.907. The highest BCUT2D eigenvalue weighted by molar-refractivity contribution is 14.1. The minimum atomic E-state index is -5.09. The summed E-state index contributed by atoms with van der Waals surface area (Å²) in [6.45, 7) is 0. The van der Waals surface area contributed by atoms with Gasteiger partial charge in [-0.25, -0.2) is 0 Å². The van der Waals surface area contributed by atoms with E-state index in [0.717, 1.165) is 0 Å². The van der Waals surface area contributed by atoms with Crippen LogP contribution in [0.25, 0.3) is 0 Å². The molecule has 0 N–H and O–H groups in total. The molecule has 0 spiro atoms. The van der Waals surface area contributed by atoms with Crippen LogP contribution in [0.2, 0.25) is 0 Å². The maximum absolute atomic E-state index is 12.0. The zero-order valence-electron chi connectivity index (χ0n) is 7.99. The van der Waals surface area contributed by atoms with Gasteiger partial charge in [0.15, 0.2) is 0 Å². The number of nitro groups is 1. The lowest BCUT2D eigenvalue weighted by Crippen LogP contribution is -2.19. The largest absolute Gasteiger partial charge is 0.575 e. The summed E-state index contributed by atoms with van der Waals surface area (Å²) in [5, 5.41) is 9.30. The topological polar surface area (TPSA) is 82.3 Å². The maximum Gasteiger partial charge on any atom is 0.575 e. The van der Waals surface area contributed by atoms with Crippen LogP contribution in [0.1, 0.15) is 10.4 Å². The molecular formula is C7HClF3IN2O4. The molecule has 0 fully saturated rings. The molecule has 6 nitrogen and oxygen atoms in total. The van der Waals surface area contributed by atoms with Crippen molar-refractivity contribution in [3.63, 3.8) is 0 Å². The van der Waals surface area contributed by atoms with Gasteiger partial charge in [0.1, 0.15) is 3.57 Å². The molecule has 0 bridgehead atoms. The smallest absolute Gasteiger partial charge is 0.366 e. The molecule has 1 aromatic heterocycles. The zero-order chi connectivity index (χ0) is 14.1. The zero-order valence-corrected chi connectivity index (χ0v) is 10.9. The predicted octanol–water partition coefficient (Wildman–Crippen LogP) is 2.87. The molecular weight excluding hydrogens is 395 g/mol. The van der Waals surface area contributed by atoms with Crippen molar-refractivity contribution < 1.29 is 27.6 Å². The number of halogens is 5. The van der Waals surface area contributed by atoms with E-state index in [-0.39, 0.29) is 3.57 Å². The van der Waals surface area contributed by atoms with Crippen LogP contribution >= 0.6 is 34.2 Å². The number of ether oxygens (including phenoxy) is 1. The van der Waals surface area contributed by atoms with E-state index in [2.05, 4.69) is 9.72 Å². The minimum absolute atomic E-state index is 0.365. The van der Waals surface area contributed by atoms with Crippen LogP contribution in [0.3, 0.4) is 0 Å². The van der Waals surface area contributed by atoms with E-state index < -0.39 is 33.8 Å². The van der Waals surface area contributed by atoms with E-state index in [1.54, 1.807) is 0 Å². The molecule has 0 saturated carbocycles. The molecule has 98 valence electrons. The summed E-state index contributed by atoms with van der Waals surface area (Å²) in [4.78, 5) is 23.4. The number of hydrogen-bond donors (Lipinski definition) is 0. The number of rotatable bonds is 3. The second-order valence-corrected chi connectivity index (χ2v) is 4.15. The molecule has 0 aromatic carbocycles. The maximum atomic E-state index is 12.0. The summed E-state index contributed by atoms with van der Waals surface area (Å²) in [5.74, 6) is -2.07. The first-order valence-corrected chi connectivity index (χ1v) is 5.38. The molecule has 0 saturated heterocycles. The van der Waals surface area contributed by atoms with Gasteiger partial charge in [0, 0.05) is 11.1 Å². The third-order valence-electron chi connectivity index (χ3n) is 1.52. The summed E-state index contributed by atoms with van der Waals surface area (Å²) in [7, 11) is 0. The van der Waals surface area contributed by atoms with E-state index in [1.165, 1.54) is 22.6 Å². The van der Waals surface area contributed by atoms with Crippen LogP contribution in [-0.2, 0) is 0 Å². The van der Waals surface area contributed by atoms with Crippen molar-refractivity contribution in [1.82, 2.24) is 4.98 Å². The highest BCUT2D eigenvalue weighted by Gasteiger charge is 2.36. The number of nitrogens with zero attached hydrogens (tertiary/aromatic N) is 2. The van der Waals surface area contributed by atoms with Crippen molar-refractivity contribution in [2.24, 2.45) is 0 Å². The van der Waals surface area contributed by atoms with Gasteiger partial charge < -0.3 is 14.9 Å². The van der Waals surface area contributed by atoms with Gasteiger partial charge in [-0.05, 0) is 39.1 Å². The third kappa shape index (κ3) is 3.66. The standard InChI is InChI=1S/C7HClF3IN2O4/c8-5(15)2-1-3(14(16)17)13-6(4(2)12)18-7(9,10)11/h1H. The van der Waals surface area contributed by atoms with Crippen molar-refractivity contribution in [2.75, 3.05) is 0 Å². The van der Waals surface area contributed by atoms with Crippen LogP contribution in [0, 0.1) is 13.7 Å². The third-order valence-corrected chi connectivity index (χ3v) is 2.77. The van der Waals surface area contributed by atoms with Crippen LogP contribution in [0.5, 0.6) is 5.88 Å². The monoisotopic (exact) mass is 396 g/mol. The molecule has 11 heteroatoms. The lowest BCUT2D eigenvalue weighted by atomic mass is 10.3. The molecule has 0 aliphatic rings. The number of alkyl halides is 3. The van der Waals surface area contributed by atoms with Gasteiger partial charge in [0.05, 0.1) is 5.56 Å². The number of aromatic nitrogens is 1. The lowest BCUT2D eigenvalue weighted by Gasteiger charge is -2.07. The molecule has 0 aliphatic heterocycles. The van der Waals surface area contributed by atoms with E-state index >= 15 is 0 Å². The molecule has 1 aromatic rings. The van der Waals surface area contributed by atoms with Crippen molar-refractivity contribution in [2.45, 2.75) is 6.36 Å². The molecule has 0 atom stereocenters. The van der Waals surface area contributed by atoms with E-state index in [1.807, 2.05) is 0 Å². The quantitative estimate of drug-likeness (QED) is 0.340. The van der Waals surface area contributed by atoms with Crippen LogP contribution < -0.4 is 4.74 Å². The first-order chi connectivity index (χ1) is 8.11. The SMILES string of the molecule is O=C(Cl)c1cc([N+](=O)[O-])nc(OC(F)(F)F)c1I. The Bertz CT molecular complexity index is 522. The van der Waals surface area contributed by atoms with Crippen LogP contribution in [0.15, 0.2) is 6.07 Å². The first-order valence-electron chi connectivity index (χ1n) is 3.92. The fraction of sp³-hybridized carbons (Fsp3) is 0.143. The Kier molecular flexibility index (Phi) is 4.32. The number of carbonyl (C=O) groups is 1. The highest BCUT2D eigenvalue weighted by atomic mass is 127. The Balaban J connectivity index is 3.40. The Labute approximate surface area is 115 Å². The Hall–Kier alpha value is -1.17. The predicted molar refractivity (Wildman–Crippen MR) is 60.5 cm³/mol. The molecule has 0 aliphatic carbocycles. The first kappa shape index (κ1) is 14.9. The molecule has 0 radical (unpaired) electrons. The van der Waals surface area contributed by atoms with Gasteiger partial charge in [-0.15, -0.1) is 13.2 Å². The van der Waals surface area contributed by atoms with Crippen molar-refractivity contribution in [3.05, 3.63) is 25.3 Å².